The number of amides is 1. The molecule has 2 aromatic rings. The second-order valence-electron chi connectivity index (χ2n) is 6.33. The standard InChI is InChI=1S/C19H21N3O3/c1-14-18(25-17-5-3-2-4-16(17)24-14)19(23)22-12-10-21(11-13-22)15-6-8-20-9-7-15/h2-9,14,18H,10-13H2,1H3. The Labute approximate surface area is 147 Å². The van der Waals surface area contributed by atoms with Crippen molar-refractivity contribution >= 4 is 11.6 Å². The van der Waals surface area contributed by atoms with Crippen molar-refractivity contribution in [3.05, 3.63) is 48.8 Å². The molecule has 2 unspecified atom stereocenters. The second kappa shape index (κ2) is 6.63. The lowest BCUT2D eigenvalue weighted by atomic mass is 10.1. The number of carbonyl (C=O) groups is 1. The maximum atomic E-state index is 12.9. The van der Waals surface area contributed by atoms with Crippen LogP contribution in [-0.2, 0) is 4.79 Å². The molecule has 6 heteroatoms. The Morgan fingerprint density at radius 2 is 1.64 bits per heavy atom. The molecule has 0 aliphatic carbocycles. The molecule has 0 spiro atoms. The van der Waals surface area contributed by atoms with Crippen molar-refractivity contribution in [1.82, 2.24) is 9.88 Å². The lowest BCUT2D eigenvalue weighted by molar-refractivity contribution is -0.144. The van der Waals surface area contributed by atoms with Crippen LogP contribution in [0.4, 0.5) is 5.69 Å². The van der Waals surface area contributed by atoms with Crippen LogP contribution >= 0.6 is 0 Å². The number of anilines is 1. The third kappa shape index (κ3) is 3.12. The number of para-hydroxylation sites is 2. The largest absolute Gasteiger partial charge is 0.482 e. The van der Waals surface area contributed by atoms with Gasteiger partial charge in [0.1, 0.15) is 6.10 Å². The second-order valence-corrected chi connectivity index (χ2v) is 6.33. The molecule has 0 N–H and O–H groups in total. The van der Waals surface area contributed by atoms with Gasteiger partial charge >= 0.3 is 0 Å². The van der Waals surface area contributed by atoms with Gasteiger partial charge in [0.15, 0.2) is 11.5 Å². The van der Waals surface area contributed by atoms with Gasteiger partial charge in [-0.15, -0.1) is 0 Å². The molecule has 1 amide bonds. The van der Waals surface area contributed by atoms with E-state index in [1.807, 2.05) is 48.2 Å². The fourth-order valence-corrected chi connectivity index (χ4v) is 3.31. The zero-order valence-electron chi connectivity index (χ0n) is 14.2. The molecule has 3 heterocycles. The zero-order chi connectivity index (χ0) is 17.2. The smallest absolute Gasteiger partial charge is 0.267 e. The molecular weight excluding hydrogens is 318 g/mol. The fourth-order valence-electron chi connectivity index (χ4n) is 3.31. The van der Waals surface area contributed by atoms with E-state index < -0.39 is 6.10 Å². The molecule has 1 fully saturated rings. The van der Waals surface area contributed by atoms with Crippen LogP contribution in [0.5, 0.6) is 11.5 Å². The summed E-state index contributed by atoms with van der Waals surface area (Å²) in [7, 11) is 0. The summed E-state index contributed by atoms with van der Waals surface area (Å²) in [6, 6.07) is 11.5. The summed E-state index contributed by atoms with van der Waals surface area (Å²) in [5.74, 6) is 1.33. The first-order chi connectivity index (χ1) is 12.2. The minimum absolute atomic E-state index is 0.00335. The minimum atomic E-state index is -0.595. The molecule has 2 aliphatic heterocycles. The Kier molecular flexibility index (Phi) is 4.17. The molecule has 1 aromatic carbocycles. The summed E-state index contributed by atoms with van der Waals surface area (Å²) in [5.41, 5.74) is 1.14. The molecule has 0 radical (unpaired) electrons. The molecule has 2 atom stereocenters. The number of piperazine rings is 1. The summed E-state index contributed by atoms with van der Waals surface area (Å²) in [6.45, 7) is 4.83. The summed E-state index contributed by atoms with van der Waals surface area (Å²) in [5, 5.41) is 0. The number of nitrogens with zero attached hydrogens (tertiary/aromatic N) is 3. The topological polar surface area (TPSA) is 54.9 Å². The van der Waals surface area contributed by atoms with Crippen molar-refractivity contribution in [2.45, 2.75) is 19.1 Å². The van der Waals surface area contributed by atoms with Gasteiger partial charge < -0.3 is 19.3 Å². The Morgan fingerprint density at radius 3 is 2.32 bits per heavy atom. The van der Waals surface area contributed by atoms with E-state index in [0.717, 1.165) is 18.8 Å². The predicted molar refractivity (Wildman–Crippen MR) is 94.0 cm³/mol. The van der Waals surface area contributed by atoms with Gasteiger partial charge in [-0.3, -0.25) is 9.78 Å². The van der Waals surface area contributed by atoms with Crippen molar-refractivity contribution in [3.8, 4) is 11.5 Å². The normalized spacial score (nSPS) is 22.6. The van der Waals surface area contributed by atoms with Gasteiger partial charge in [-0.05, 0) is 31.2 Å². The molecular formula is C19H21N3O3. The van der Waals surface area contributed by atoms with Crippen molar-refractivity contribution in [2.24, 2.45) is 0 Å². The Balaban J connectivity index is 1.41. The van der Waals surface area contributed by atoms with Crippen molar-refractivity contribution in [3.63, 3.8) is 0 Å². The van der Waals surface area contributed by atoms with Crippen molar-refractivity contribution < 1.29 is 14.3 Å². The van der Waals surface area contributed by atoms with Gasteiger partial charge in [0.05, 0.1) is 0 Å². The van der Waals surface area contributed by atoms with Crippen LogP contribution in [0.2, 0.25) is 0 Å². The molecule has 0 saturated carbocycles. The molecule has 6 nitrogen and oxygen atoms in total. The SMILES string of the molecule is CC1Oc2ccccc2OC1C(=O)N1CCN(c2ccncc2)CC1. The predicted octanol–water partition coefficient (Wildman–Crippen LogP) is 1.96. The molecule has 130 valence electrons. The fraction of sp³-hybridized carbons (Fsp3) is 0.368. The van der Waals surface area contributed by atoms with Crippen molar-refractivity contribution in [1.29, 1.82) is 0 Å². The van der Waals surface area contributed by atoms with Crippen LogP contribution < -0.4 is 14.4 Å². The van der Waals surface area contributed by atoms with E-state index >= 15 is 0 Å². The van der Waals surface area contributed by atoms with E-state index in [9.17, 15) is 4.79 Å². The van der Waals surface area contributed by atoms with Gasteiger partial charge in [-0.25, -0.2) is 0 Å². The number of benzene rings is 1. The number of carbonyl (C=O) groups excluding carboxylic acids is 1. The third-order valence-corrected chi connectivity index (χ3v) is 4.70. The first-order valence-corrected chi connectivity index (χ1v) is 8.58. The number of hydrogen-bond donors (Lipinski definition) is 0. The Morgan fingerprint density at radius 1 is 1.00 bits per heavy atom. The van der Waals surface area contributed by atoms with Crippen LogP contribution in [0, 0.1) is 0 Å². The number of ether oxygens (including phenoxy) is 2. The molecule has 4 rings (SSSR count). The number of aromatic nitrogens is 1. The van der Waals surface area contributed by atoms with E-state index in [1.54, 1.807) is 12.4 Å². The van der Waals surface area contributed by atoms with E-state index in [-0.39, 0.29) is 12.0 Å². The first-order valence-electron chi connectivity index (χ1n) is 8.58. The summed E-state index contributed by atoms with van der Waals surface area (Å²) < 4.78 is 11.8. The van der Waals surface area contributed by atoms with E-state index in [4.69, 9.17) is 9.47 Å². The number of fused-ring (bicyclic) bond motifs is 1. The van der Waals surface area contributed by atoms with Gasteiger partial charge in [0.25, 0.3) is 5.91 Å². The summed E-state index contributed by atoms with van der Waals surface area (Å²) in [4.78, 5) is 21.1. The number of hydrogen-bond acceptors (Lipinski definition) is 5. The van der Waals surface area contributed by atoms with Crippen LogP contribution in [0.1, 0.15) is 6.92 Å². The van der Waals surface area contributed by atoms with E-state index in [1.165, 1.54) is 0 Å². The summed E-state index contributed by atoms with van der Waals surface area (Å²) >= 11 is 0. The molecule has 1 aromatic heterocycles. The van der Waals surface area contributed by atoms with E-state index in [2.05, 4.69) is 9.88 Å². The number of rotatable bonds is 2. The third-order valence-electron chi connectivity index (χ3n) is 4.70. The Bertz CT molecular complexity index is 745. The van der Waals surface area contributed by atoms with Crippen molar-refractivity contribution in [2.75, 3.05) is 31.1 Å². The van der Waals surface area contributed by atoms with Gasteiger partial charge in [-0.1, -0.05) is 12.1 Å². The maximum absolute atomic E-state index is 12.9. The Hall–Kier alpha value is -2.76. The first kappa shape index (κ1) is 15.7. The van der Waals surface area contributed by atoms with E-state index in [0.29, 0.717) is 24.6 Å². The quantitative estimate of drug-likeness (QED) is 0.837. The minimum Gasteiger partial charge on any atom is -0.482 e. The zero-order valence-corrected chi connectivity index (χ0v) is 14.2. The highest BCUT2D eigenvalue weighted by Gasteiger charge is 2.37. The number of pyridine rings is 1. The van der Waals surface area contributed by atoms with Gasteiger partial charge in [0.2, 0.25) is 6.10 Å². The lowest BCUT2D eigenvalue weighted by Gasteiger charge is -2.39. The van der Waals surface area contributed by atoms with Gasteiger partial charge in [0, 0.05) is 44.3 Å². The lowest BCUT2D eigenvalue weighted by Crippen LogP contribution is -2.56. The highest BCUT2D eigenvalue weighted by atomic mass is 16.6. The van der Waals surface area contributed by atoms with Gasteiger partial charge in [-0.2, -0.15) is 0 Å². The monoisotopic (exact) mass is 339 g/mol. The molecule has 0 bridgehead atoms. The average Bonchev–Trinajstić information content (AvgIpc) is 2.68. The highest BCUT2D eigenvalue weighted by molar-refractivity contribution is 5.82. The molecule has 25 heavy (non-hydrogen) atoms. The van der Waals surface area contributed by atoms with Crippen LogP contribution in [0.15, 0.2) is 48.8 Å². The maximum Gasteiger partial charge on any atom is 0.267 e. The van der Waals surface area contributed by atoms with Crippen LogP contribution in [0.3, 0.4) is 0 Å². The highest BCUT2D eigenvalue weighted by Crippen LogP contribution is 2.34. The average molecular weight is 339 g/mol. The molecule has 2 aliphatic rings. The van der Waals surface area contributed by atoms with Crippen LogP contribution in [-0.4, -0.2) is 54.2 Å². The summed E-state index contributed by atoms with van der Waals surface area (Å²) in [6.07, 6.45) is 2.68. The molecule has 1 saturated heterocycles. The van der Waals surface area contributed by atoms with Crippen LogP contribution in [0.25, 0.3) is 0 Å².